The number of halogens is 7. The van der Waals surface area contributed by atoms with E-state index in [0.717, 1.165) is 23.2 Å². The van der Waals surface area contributed by atoms with Crippen LogP contribution in [0, 0.1) is 42.9 Å². The number of sulfonamides is 1. The highest BCUT2D eigenvalue weighted by Crippen LogP contribution is 2.33. The van der Waals surface area contributed by atoms with Crippen molar-refractivity contribution in [1.82, 2.24) is 14.1 Å². The van der Waals surface area contributed by atoms with Crippen LogP contribution in [-0.2, 0) is 16.6 Å². The van der Waals surface area contributed by atoms with Crippen molar-refractivity contribution in [2.24, 2.45) is 0 Å². The normalized spacial score (nSPS) is 14.6. The lowest BCUT2D eigenvalue weighted by Crippen LogP contribution is -2.35. The summed E-state index contributed by atoms with van der Waals surface area (Å²) >= 11 is 12.4. The van der Waals surface area contributed by atoms with Crippen LogP contribution >= 0.6 is 23.2 Å². The first-order valence-corrected chi connectivity index (χ1v) is 13.8. The van der Waals surface area contributed by atoms with Crippen molar-refractivity contribution in [3.8, 4) is 0 Å². The monoisotopic (exact) mass is 610 g/mol. The quantitative estimate of drug-likeness (QED) is 0.211. The molecule has 0 atom stereocenters. The summed E-state index contributed by atoms with van der Waals surface area (Å²) in [6.45, 7) is 2.63. The number of benzene rings is 2. The van der Waals surface area contributed by atoms with E-state index in [2.05, 4.69) is 10.4 Å². The molecule has 0 unspecified atom stereocenters. The fourth-order valence-electron chi connectivity index (χ4n) is 4.30. The maximum atomic E-state index is 14.2. The van der Waals surface area contributed by atoms with E-state index >= 15 is 0 Å². The van der Waals surface area contributed by atoms with Crippen molar-refractivity contribution in [1.29, 1.82) is 0 Å². The highest BCUT2D eigenvalue weighted by Gasteiger charge is 2.31. The van der Waals surface area contributed by atoms with Crippen LogP contribution in [0.5, 0.6) is 0 Å². The molecule has 1 aromatic heterocycles. The smallest absolute Gasteiger partial charge is 0.257 e. The lowest BCUT2D eigenvalue weighted by Gasteiger charge is -2.26. The Balaban J connectivity index is 1.66. The molecule has 0 saturated carbocycles. The van der Waals surface area contributed by atoms with E-state index in [1.807, 2.05) is 0 Å². The average molecular weight is 611 g/mol. The van der Waals surface area contributed by atoms with Crippen molar-refractivity contribution in [3.63, 3.8) is 0 Å². The Morgan fingerprint density at radius 3 is 2.08 bits per heavy atom. The highest BCUT2D eigenvalue weighted by atomic mass is 35.5. The summed E-state index contributed by atoms with van der Waals surface area (Å²) in [7, 11) is -4.02. The van der Waals surface area contributed by atoms with E-state index in [1.165, 1.54) is 18.2 Å². The number of amides is 1. The van der Waals surface area contributed by atoms with Gasteiger partial charge >= 0.3 is 0 Å². The van der Waals surface area contributed by atoms with Gasteiger partial charge in [0.25, 0.3) is 5.91 Å². The molecule has 0 radical (unpaired) electrons. The number of aromatic nitrogens is 2. The van der Waals surface area contributed by atoms with Crippen LogP contribution in [0.15, 0.2) is 17.0 Å². The van der Waals surface area contributed by atoms with Crippen LogP contribution in [0.1, 0.15) is 46.6 Å². The number of hydrogen-bond donors (Lipinski definition) is 1. The predicted octanol–water partition coefficient (Wildman–Crippen LogP) is 5.98. The van der Waals surface area contributed by atoms with E-state index in [0.29, 0.717) is 25.9 Å². The van der Waals surface area contributed by atoms with Crippen LogP contribution in [0.2, 0.25) is 10.0 Å². The van der Waals surface area contributed by atoms with Gasteiger partial charge < -0.3 is 5.32 Å². The number of rotatable bonds is 6. The van der Waals surface area contributed by atoms with Gasteiger partial charge in [-0.3, -0.25) is 9.48 Å². The van der Waals surface area contributed by atoms with Gasteiger partial charge in [-0.15, -0.1) is 0 Å². The lowest BCUT2D eigenvalue weighted by molar-refractivity contribution is 0.102. The molecule has 7 nitrogen and oxygen atoms in total. The molecule has 0 bridgehead atoms. The van der Waals surface area contributed by atoms with Gasteiger partial charge in [0, 0.05) is 13.1 Å². The van der Waals surface area contributed by atoms with Crippen LogP contribution in [-0.4, -0.2) is 41.5 Å². The number of nitrogens with one attached hydrogen (secondary N) is 1. The van der Waals surface area contributed by atoms with E-state index in [9.17, 15) is 35.2 Å². The number of nitrogens with zero attached hydrogens (tertiary/aromatic N) is 3. The van der Waals surface area contributed by atoms with Gasteiger partial charge in [-0.25, -0.2) is 30.4 Å². The molecule has 4 rings (SSSR count). The molecule has 39 heavy (non-hydrogen) atoms. The molecule has 1 amide bonds. The summed E-state index contributed by atoms with van der Waals surface area (Å²) in [5.74, 6) is -11.3. The van der Waals surface area contributed by atoms with Gasteiger partial charge in [-0.1, -0.05) is 29.6 Å². The molecule has 15 heteroatoms. The summed E-state index contributed by atoms with van der Waals surface area (Å²) in [6.07, 6.45) is 2.27. The van der Waals surface area contributed by atoms with E-state index < -0.39 is 57.1 Å². The number of aryl methyl sites for hydroxylation is 1. The first-order chi connectivity index (χ1) is 18.2. The Morgan fingerprint density at radius 1 is 0.923 bits per heavy atom. The Hall–Kier alpha value is -2.74. The average Bonchev–Trinajstić information content (AvgIpc) is 3.16. The standard InChI is InChI=1S/C24H21Cl2F5N4O3S/c1-11-23(12(2)35(33-11)10-14-18(27)20(29)22(31)21(30)19(14)28)32-24(36)13-8-17(16(26)9-15(13)25)39(37,38)34-6-4-3-5-7-34/h8-9H,3-7,10H2,1-2H3,(H,32,36). The Morgan fingerprint density at radius 2 is 1.49 bits per heavy atom. The molecule has 210 valence electrons. The molecule has 1 aliphatic heterocycles. The fourth-order valence-corrected chi connectivity index (χ4v) is 6.65. The molecule has 1 fully saturated rings. The topological polar surface area (TPSA) is 84.3 Å². The number of hydrogen-bond acceptors (Lipinski definition) is 4. The molecule has 1 aliphatic rings. The summed E-state index contributed by atoms with van der Waals surface area (Å²) in [6, 6.07) is 2.20. The maximum absolute atomic E-state index is 14.2. The summed E-state index contributed by atoms with van der Waals surface area (Å²) in [5.41, 5.74) is -0.992. The zero-order valence-electron chi connectivity index (χ0n) is 20.5. The summed E-state index contributed by atoms with van der Waals surface area (Å²) in [5, 5.41) is 6.27. The molecule has 2 aromatic carbocycles. The Kier molecular flexibility index (Phi) is 8.27. The Labute approximate surface area is 230 Å². The largest absolute Gasteiger partial charge is 0.319 e. The van der Waals surface area contributed by atoms with E-state index in [4.69, 9.17) is 23.2 Å². The molecule has 0 spiro atoms. The molecule has 0 aliphatic carbocycles. The van der Waals surface area contributed by atoms with E-state index in [-0.39, 0.29) is 37.6 Å². The van der Waals surface area contributed by atoms with Crippen LogP contribution < -0.4 is 5.32 Å². The minimum Gasteiger partial charge on any atom is -0.319 e. The first kappa shape index (κ1) is 29.2. The van der Waals surface area contributed by atoms with Crippen molar-refractivity contribution in [2.75, 3.05) is 18.4 Å². The number of carbonyl (C=O) groups excluding carboxylic acids is 1. The number of carbonyl (C=O) groups is 1. The number of piperidine rings is 1. The van der Waals surface area contributed by atoms with Gasteiger partial charge in [0.15, 0.2) is 23.3 Å². The molecule has 3 aromatic rings. The Bertz CT molecular complexity index is 1560. The van der Waals surface area contributed by atoms with Crippen LogP contribution in [0.3, 0.4) is 0 Å². The van der Waals surface area contributed by atoms with Crippen molar-refractivity contribution in [3.05, 3.63) is 73.8 Å². The van der Waals surface area contributed by atoms with Crippen LogP contribution in [0.4, 0.5) is 27.6 Å². The van der Waals surface area contributed by atoms with Crippen molar-refractivity contribution < 1.29 is 35.2 Å². The predicted molar refractivity (Wildman–Crippen MR) is 134 cm³/mol. The minimum absolute atomic E-state index is 0.0651. The molecule has 1 saturated heterocycles. The second kappa shape index (κ2) is 11.0. The summed E-state index contributed by atoms with van der Waals surface area (Å²) < 4.78 is 97.7. The molecular weight excluding hydrogens is 590 g/mol. The molecular formula is C24H21Cl2F5N4O3S. The lowest BCUT2D eigenvalue weighted by atomic mass is 10.1. The third-order valence-electron chi connectivity index (χ3n) is 6.43. The van der Waals surface area contributed by atoms with Crippen molar-refractivity contribution >= 4 is 44.8 Å². The zero-order chi connectivity index (χ0) is 28.8. The number of anilines is 1. The third kappa shape index (κ3) is 5.37. The third-order valence-corrected chi connectivity index (χ3v) is 9.10. The zero-order valence-corrected chi connectivity index (χ0v) is 22.8. The second-order valence-electron chi connectivity index (χ2n) is 8.93. The van der Waals surface area contributed by atoms with Gasteiger partial charge in [-0.2, -0.15) is 9.40 Å². The van der Waals surface area contributed by atoms with Crippen molar-refractivity contribution in [2.45, 2.75) is 44.6 Å². The fraction of sp³-hybridized carbons (Fsp3) is 0.333. The van der Waals surface area contributed by atoms with Gasteiger partial charge in [-0.05, 0) is 38.8 Å². The molecule has 1 N–H and O–H groups in total. The maximum Gasteiger partial charge on any atom is 0.257 e. The molecule has 2 heterocycles. The first-order valence-electron chi connectivity index (χ1n) is 11.6. The van der Waals surface area contributed by atoms with Gasteiger partial charge in [0.05, 0.1) is 44.8 Å². The highest BCUT2D eigenvalue weighted by molar-refractivity contribution is 7.89. The van der Waals surface area contributed by atoms with Crippen LogP contribution in [0.25, 0.3) is 0 Å². The SMILES string of the molecule is Cc1nn(Cc2c(F)c(F)c(F)c(F)c2F)c(C)c1NC(=O)c1cc(S(=O)(=O)N2CCCCC2)c(Cl)cc1Cl. The van der Waals surface area contributed by atoms with E-state index in [1.54, 1.807) is 0 Å². The van der Waals surface area contributed by atoms with Gasteiger partial charge in [0.1, 0.15) is 4.90 Å². The minimum atomic E-state index is -4.02. The second-order valence-corrected chi connectivity index (χ2v) is 11.7. The summed E-state index contributed by atoms with van der Waals surface area (Å²) in [4.78, 5) is 12.9. The van der Waals surface area contributed by atoms with Gasteiger partial charge in [0.2, 0.25) is 15.8 Å².